The predicted molar refractivity (Wildman–Crippen MR) is 104 cm³/mol. The Labute approximate surface area is 159 Å². The van der Waals surface area contributed by atoms with Crippen molar-refractivity contribution >= 4 is 39.0 Å². The van der Waals surface area contributed by atoms with Crippen molar-refractivity contribution in [2.24, 2.45) is 4.99 Å². The molecule has 1 aliphatic rings. The van der Waals surface area contributed by atoms with Gasteiger partial charge in [0.25, 0.3) is 0 Å². The molecule has 134 valence electrons. The van der Waals surface area contributed by atoms with E-state index in [1.165, 1.54) is 0 Å². The lowest BCUT2D eigenvalue weighted by atomic mass is 10.0. The number of nitrogens with one attached hydrogen (secondary N) is 2. The monoisotopic (exact) mass is 414 g/mol. The fourth-order valence-corrected chi connectivity index (χ4v) is 3.01. The number of ketones is 1. The molecule has 3 rings (SSSR count). The highest BCUT2D eigenvalue weighted by Crippen LogP contribution is 2.16. The van der Waals surface area contributed by atoms with E-state index in [4.69, 9.17) is 0 Å². The maximum absolute atomic E-state index is 12.9. The smallest absolute Gasteiger partial charge is 0.319 e. The molecule has 0 unspecified atom stereocenters. The van der Waals surface area contributed by atoms with Crippen molar-refractivity contribution in [3.05, 3.63) is 57.3 Å². The first-order chi connectivity index (χ1) is 12.6. The minimum atomic E-state index is -0.273. The third-order valence-corrected chi connectivity index (χ3v) is 4.45. The van der Waals surface area contributed by atoms with Crippen LogP contribution in [0.25, 0.3) is 5.57 Å². The van der Waals surface area contributed by atoms with Crippen molar-refractivity contribution < 1.29 is 9.59 Å². The van der Waals surface area contributed by atoms with Crippen LogP contribution in [0.5, 0.6) is 0 Å². The Balaban J connectivity index is 1.80. The van der Waals surface area contributed by atoms with Crippen molar-refractivity contribution in [3.8, 4) is 0 Å². The van der Waals surface area contributed by atoms with Gasteiger partial charge in [-0.25, -0.2) is 9.78 Å². The zero-order valence-corrected chi connectivity index (χ0v) is 16.0. The summed E-state index contributed by atoms with van der Waals surface area (Å²) in [6.45, 7) is 3.00. The Morgan fingerprint density at radius 1 is 1.27 bits per heavy atom. The minimum Gasteiger partial charge on any atom is -0.338 e. The van der Waals surface area contributed by atoms with Crippen LogP contribution in [0.4, 0.5) is 10.5 Å². The standard InChI is InChI=1S/C19H19BrN4O2/c1-2-3-7-21-19(26)24-14-6-4-5-12(8-14)17(25)16-11-23-18-15(16)9-13(20)10-22-18/h4-6,8-10H,2-3,7,11H2,1H3,(H2,21,24,26). The number of hydrogen-bond acceptors (Lipinski definition) is 4. The lowest BCUT2D eigenvalue weighted by Gasteiger charge is -2.09. The molecule has 26 heavy (non-hydrogen) atoms. The third-order valence-electron chi connectivity index (χ3n) is 4.02. The molecule has 7 heteroatoms. The number of amides is 2. The van der Waals surface area contributed by atoms with Crippen LogP contribution in [0.3, 0.4) is 0 Å². The number of pyridine rings is 1. The average Bonchev–Trinajstić information content (AvgIpc) is 3.04. The summed E-state index contributed by atoms with van der Waals surface area (Å²) in [5.74, 6) is -0.109. The largest absolute Gasteiger partial charge is 0.338 e. The zero-order valence-electron chi connectivity index (χ0n) is 14.4. The second kappa shape index (κ2) is 8.23. The Kier molecular flexibility index (Phi) is 5.78. The van der Waals surface area contributed by atoms with Gasteiger partial charge in [-0.05, 0) is 40.5 Å². The van der Waals surface area contributed by atoms with Crippen LogP contribution in [0.1, 0.15) is 30.1 Å². The van der Waals surface area contributed by atoms with Gasteiger partial charge in [-0.1, -0.05) is 25.5 Å². The van der Waals surface area contributed by atoms with Gasteiger partial charge in [0.15, 0.2) is 11.3 Å². The molecule has 6 nitrogen and oxygen atoms in total. The summed E-state index contributed by atoms with van der Waals surface area (Å²) in [6, 6.07) is 8.50. The summed E-state index contributed by atoms with van der Waals surface area (Å²) in [6.07, 6.45) is 3.61. The molecule has 0 aliphatic carbocycles. The number of carbonyl (C=O) groups is 2. The molecule has 1 aromatic heterocycles. The predicted octanol–water partition coefficient (Wildman–Crippen LogP) is 2.43. The van der Waals surface area contributed by atoms with Gasteiger partial charge in [0.05, 0.1) is 6.54 Å². The van der Waals surface area contributed by atoms with Gasteiger partial charge in [0.1, 0.15) is 0 Å². The highest BCUT2D eigenvalue weighted by atomic mass is 79.9. The minimum absolute atomic E-state index is 0.109. The molecule has 2 N–H and O–H groups in total. The van der Waals surface area contributed by atoms with Crippen molar-refractivity contribution in [2.45, 2.75) is 19.8 Å². The van der Waals surface area contributed by atoms with Crippen LogP contribution in [0.15, 0.2) is 46.0 Å². The Hall–Kier alpha value is -2.54. The summed E-state index contributed by atoms with van der Waals surface area (Å²) >= 11 is 3.38. The quantitative estimate of drug-likeness (QED) is 0.562. The molecular weight excluding hydrogens is 396 g/mol. The average molecular weight is 415 g/mol. The number of anilines is 1. The van der Waals surface area contributed by atoms with Crippen molar-refractivity contribution in [1.29, 1.82) is 0 Å². The van der Waals surface area contributed by atoms with Crippen LogP contribution >= 0.6 is 15.9 Å². The molecule has 2 heterocycles. The molecule has 0 saturated carbocycles. The lowest BCUT2D eigenvalue weighted by molar-refractivity contribution is 0.105. The van der Waals surface area contributed by atoms with E-state index in [9.17, 15) is 9.59 Å². The number of aromatic nitrogens is 1. The van der Waals surface area contributed by atoms with E-state index in [-0.39, 0.29) is 11.8 Å². The van der Waals surface area contributed by atoms with E-state index in [0.29, 0.717) is 35.4 Å². The second-order valence-corrected chi connectivity index (χ2v) is 6.88. The van der Waals surface area contributed by atoms with Gasteiger partial charge in [-0.3, -0.25) is 9.79 Å². The van der Waals surface area contributed by atoms with Gasteiger partial charge in [-0.15, -0.1) is 0 Å². The van der Waals surface area contributed by atoms with Crippen molar-refractivity contribution in [2.75, 3.05) is 18.4 Å². The van der Waals surface area contributed by atoms with E-state index in [2.05, 4.69) is 43.5 Å². The van der Waals surface area contributed by atoms with Crippen molar-refractivity contribution in [3.63, 3.8) is 0 Å². The normalized spacial score (nSPS) is 12.3. The molecule has 0 saturated heterocycles. The third kappa shape index (κ3) is 4.16. The SMILES string of the molecule is CCCCNC(=O)Nc1cccc(C(=O)C2=c3cc(Br)cnc3=NC2)c1. The van der Waals surface area contributed by atoms with Crippen LogP contribution < -0.4 is 21.3 Å². The first kappa shape index (κ1) is 18.3. The maximum Gasteiger partial charge on any atom is 0.319 e. The lowest BCUT2D eigenvalue weighted by Crippen LogP contribution is -2.29. The fourth-order valence-electron chi connectivity index (χ4n) is 2.68. The number of carbonyl (C=O) groups excluding carboxylic acids is 2. The van der Waals surface area contributed by atoms with E-state index in [1.807, 2.05) is 6.07 Å². The van der Waals surface area contributed by atoms with Gasteiger partial charge < -0.3 is 10.6 Å². The molecule has 0 atom stereocenters. The molecule has 0 bridgehead atoms. The summed E-state index contributed by atoms with van der Waals surface area (Å²) in [4.78, 5) is 33.3. The fraction of sp³-hybridized carbons (Fsp3) is 0.263. The van der Waals surface area contributed by atoms with Gasteiger partial charge in [0.2, 0.25) is 0 Å². The molecule has 0 spiro atoms. The number of Topliss-reactive ketones (excluding diaryl/α,β-unsaturated/α-hetero) is 1. The highest BCUT2D eigenvalue weighted by molar-refractivity contribution is 9.10. The number of rotatable bonds is 6. The molecule has 2 amide bonds. The van der Waals surface area contributed by atoms with Crippen LogP contribution in [0.2, 0.25) is 0 Å². The Morgan fingerprint density at radius 3 is 2.92 bits per heavy atom. The summed E-state index contributed by atoms with van der Waals surface area (Å²) in [5.41, 5.74) is 2.28. The topological polar surface area (TPSA) is 83.5 Å². The second-order valence-electron chi connectivity index (χ2n) is 5.96. The first-order valence-corrected chi connectivity index (χ1v) is 9.26. The van der Waals surface area contributed by atoms with Crippen molar-refractivity contribution in [1.82, 2.24) is 10.3 Å². The summed E-state index contributed by atoms with van der Waals surface area (Å²) in [7, 11) is 0. The Morgan fingerprint density at radius 2 is 2.12 bits per heavy atom. The molecule has 0 fully saturated rings. The number of hydrogen-bond donors (Lipinski definition) is 2. The zero-order chi connectivity index (χ0) is 18.5. The number of benzene rings is 1. The van der Waals surface area contributed by atoms with Crippen LogP contribution in [-0.4, -0.2) is 29.9 Å². The van der Waals surface area contributed by atoms with Crippen LogP contribution in [0, 0.1) is 0 Å². The number of unbranched alkanes of at least 4 members (excludes halogenated alkanes) is 1. The number of urea groups is 1. The van der Waals surface area contributed by atoms with E-state index in [1.54, 1.807) is 30.5 Å². The molecule has 1 aromatic carbocycles. The maximum atomic E-state index is 12.9. The van der Waals surface area contributed by atoms with Gasteiger partial charge in [0, 0.05) is 39.3 Å². The first-order valence-electron chi connectivity index (χ1n) is 8.47. The van der Waals surface area contributed by atoms with E-state index in [0.717, 1.165) is 22.5 Å². The van der Waals surface area contributed by atoms with Gasteiger partial charge >= 0.3 is 6.03 Å². The number of fused-ring (bicyclic) bond motifs is 1. The van der Waals surface area contributed by atoms with E-state index >= 15 is 0 Å². The van der Waals surface area contributed by atoms with E-state index < -0.39 is 0 Å². The highest BCUT2D eigenvalue weighted by Gasteiger charge is 2.18. The number of halogens is 1. The van der Waals surface area contributed by atoms with Gasteiger partial charge in [-0.2, -0.15) is 0 Å². The number of nitrogens with zero attached hydrogens (tertiary/aromatic N) is 2. The van der Waals surface area contributed by atoms with Crippen LogP contribution in [-0.2, 0) is 0 Å². The Bertz CT molecular complexity index is 972. The molecular formula is C19H19BrN4O2. The molecule has 2 aromatic rings. The molecule has 0 radical (unpaired) electrons. The summed E-state index contributed by atoms with van der Waals surface area (Å²) < 4.78 is 0.804. The molecule has 1 aliphatic heterocycles. The summed E-state index contributed by atoms with van der Waals surface area (Å²) in [5, 5.41) is 6.30.